The van der Waals surface area contributed by atoms with Gasteiger partial charge in [-0.1, -0.05) is 54.6 Å². The largest absolute Gasteiger partial charge is 0.446 e. The third-order valence-corrected chi connectivity index (χ3v) is 4.19. The van der Waals surface area contributed by atoms with Crippen molar-refractivity contribution < 1.29 is 14.3 Å². The molecule has 0 aliphatic heterocycles. The number of fused-ring (bicyclic) bond motifs is 1. The van der Waals surface area contributed by atoms with Crippen molar-refractivity contribution in [3.63, 3.8) is 0 Å². The van der Waals surface area contributed by atoms with E-state index in [0.29, 0.717) is 11.5 Å². The highest BCUT2D eigenvalue weighted by molar-refractivity contribution is 5.99. The van der Waals surface area contributed by atoms with Gasteiger partial charge in [0.2, 0.25) is 0 Å². The van der Waals surface area contributed by atoms with E-state index in [1.807, 2.05) is 66.9 Å². The van der Waals surface area contributed by atoms with Gasteiger partial charge < -0.3 is 14.5 Å². The van der Waals surface area contributed by atoms with E-state index in [0.717, 1.165) is 16.5 Å². The Balaban J connectivity index is 1.48. The van der Waals surface area contributed by atoms with Crippen LogP contribution < -0.4 is 14.9 Å². The number of benzene rings is 3. The molecule has 4 aromatic rings. The summed E-state index contributed by atoms with van der Waals surface area (Å²) in [7, 11) is 0. The molecule has 0 bridgehead atoms. The van der Waals surface area contributed by atoms with Gasteiger partial charge in [-0.15, -0.1) is 0 Å². The first-order chi connectivity index (χ1) is 14.3. The van der Waals surface area contributed by atoms with Crippen LogP contribution in [0.1, 0.15) is 5.56 Å². The molecule has 0 radical (unpaired) electrons. The molecular formula is C23H19N3O3. The summed E-state index contributed by atoms with van der Waals surface area (Å²) in [6, 6.07) is 25.9. The predicted molar refractivity (Wildman–Crippen MR) is 112 cm³/mol. The molecule has 0 saturated carbocycles. The molecule has 0 aliphatic carbocycles. The highest BCUT2D eigenvalue weighted by Gasteiger charge is 2.22. The van der Waals surface area contributed by atoms with Crippen LogP contribution in [0.5, 0.6) is 11.5 Å². The van der Waals surface area contributed by atoms with Crippen LogP contribution in [0.4, 0.5) is 0 Å². The Hall–Kier alpha value is -4.06. The Bertz CT molecular complexity index is 1070. The number of para-hydroxylation sites is 3. The summed E-state index contributed by atoms with van der Waals surface area (Å²) >= 11 is 0. The molecule has 0 atom stereocenters. The van der Waals surface area contributed by atoms with Crippen molar-refractivity contribution in [2.75, 3.05) is 0 Å². The zero-order valence-corrected chi connectivity index (χ0v) is 15.5. The first-order valence-corrected chi connectivity index (χ1v) is 9.12. The minimum atomic E-state index is -1.19. The molecule has 0 unspecified atom stereocenters. The molecule has 0 saturated heterocycles. The van der Waals surface area contributed by atoms with E-state index in [-0.39, 0.29) is 0 Å². The third kappa shape index (κ3) is 4.62. The van der Waals surface area contributed by atoms with Crippen LogP contribution in [0.15, 0.2) is 96.2 Å². The van der Waals surface area contributed by atoms with E-state index in [2.05, 4.69) is 15.5 Å². The molecule has 144 valence electrons. The van der Waals surface area contributed by atoms with Crippen molar-refractivity contribution in [2.45, 2.75) is 6.29 Å². The molecule has 0 aliphatic rings. The molecule has 4 rings (SSSR count). The summed E-state index contributed by atoms with van der Waals surface area (Å²) in [6.07, 6.45) is 2.22. The second kappa shape index (κ2) is 8.75. The van der Waals surface area contributed by atoms with Crippen molar-refractivity contribution in [1.29, 1.82) is 0 Å². The Morgan fingerprint density at radius 1 is 0.862 bits per heavy atom. The quantitative estimate of drug-likeness (QED) is 0.286. The van der Waals surface area contributed by atoms with Gasteiger partial charge in [-0.05, 0) is 30.3 Å². The van der Waals surface area contributed by atoms with Crippen molar-refractivity contribution in [3.8, 4) is 11.5 Å². The lowest BCUT2D eigenvalue weighted by Gasteiger charge is -2.18. The number of nitrogens with one attached hydrogen (secondary N) is 2. The standard InChI is InChI=1S/C23H19N3O3/c27-22(26-25-16-17-15-24-21-14-8-7-13-20(17)21)23(28-18-9-3-1-4-10-18)29-19-11-5-2-6-12-19/h1-16,23-24H,(H,26,27)/b25-16-. The summed E-state index contributed by atoms with van der Waals surface area (Å²) in [5.41, 5.74) is 4.36. The molecule has 1 heterocycles. The van der Waals surface area contributed by atoms with Crippen LogP contribution >= 0.6 is 0 Å². The van der Waals surface area contributed by atoms with E-state index >= 15 is 0 Å². The zero-order chi connectivity index (χ0) is 19.9. The maximum atomic E-state index is 12.7. The van der Waals surface area contributed by atoms with Crippen molar-refractivity contribution in [3.05, 3.63) is 96.7 Å². The SMILES string of the molecule is O=C(N/N=C\c1c[nH]c2ccccc12)C(Oc1ccccc1)Oc1ccccc1. The average Bonchev–Trinajstić information content (AvgIpc) is 3.18. The Labute approximate surface area is 167 Å². The van der Waals surface area contributed by atoms with Gasteiger partial charge in [-0.25, -0.2) is 5.43 Å². The number of aromatic amines is 1. The van der Waals surface area contributed by atoms with E-state index < -0.39 is 12.2 Å². The van der Waals surface area contributed by atoms with Crippen molar-refractivity contribution in [2.24, 2.45) is 5.10 Å². The molecule has 0 fully saturated rings. The van der Waals surface area contributed by atoms with Gasteiger partial charge in [0, 0.05) is 22.7 Å². The van der Waals surface area contributed by atoms with E-state index in [1.54, 1.807) is 30.5 Å². The van der Waals surface area contributed by atoms with Crippen LogP contribution in [0, 0.1) is 0 Å². The maximum absolute atomic E-state index is 12.7. The van der Waals surface area contributed by atoms with Crippen molar-refractivity contribution >= 4 is 23.0 Å². The van der Waals surface area contributed by atoms with E-state index in [4.69, 9.17) is 9.47 Å². The normalized spacial score (nSPS) is 11.1. The summed E-state index contributed by atoms with van der Waals surface area (Å²) in [5, 5.41) is 5.08. The lowest BCUT2D eigenvalue weighted by atomic mass is 10.2. The summed E-state index contributed by atoms with van der Waals surface area (Å²) in [4.78, 5) is 15.8. The molecule has 0 spiro atoms. The van der Waals surface area contributed by atoms with Gasteiger partial charge in [-0.2, -0.15) is 5.10 Å². The second-order valence-electron chi connectivity index (χ2n) is 6.22. The summed E-state index contributed by atoms with van der Waals surface area (Å²) in [6.45, 7) is 0. The monoisotopic (exact) mass is 385 g/mol. The van der Waals surface area contributed by atoms with Crippen LogP contribution in [-0.2, 0) is 4.79 Å². The highest BCUT2D eigenvalue weighted by Crippen LogP contribution is 2.17. The van der Waals surface area contributed by atoms with Crippen LogP contribution in [0.3, 0.4) is 0 Å². The fourth-order valence-corrected chi connectivity index (χ4v) is 2.80. The molecular weight excluding hydrogens is 366 g/mol. The number of hydrogen-bond acceptors (Lipinski definition) is 4. The fourth-order valence-electron chi connectivity index (χ4n) is 2.80. The lowest BCUT2D eigenvalue weighted by Crippen LogP contribution is -2.40. The maximum Gasteiger partial charge on any atom is 0.323 e. The number of ether oxygens (including phenoxy) is 2. The number of H-pyrrole nitrogens is 1. The fraction of sp³-hybridized carbons (Fsp3) is 0.0435. The predicted octanol–water partition coefficient (Wildman–Crippen LogP) is 4.10. The van der Waals surface area contributed by atoms with Crippen molar-refractivity contribution in [1.82, 2.24) is 10.4 Å². The van der Waals surface area contributed by atoms with E-state index in [1.165, 1.54) is 0 Å². The average molecular weight is 385 g/mol. The van der Waals surface area contributed by atoms with Gasteiger partial charge >= 0.3 is 12.2 Å². The van der Waals surface area contributed by atoms with Crippen LogP contribution in [0.2, 0.25) is 0 Å². The number of nitrogens with zero attached hydrogens (tertiary/aromatic N) is 1. The smallest absolute Gasteiger partial charge is 0.323 e. The van der Waals surface area contributed by atoms with Gasteiger partial charge in [0.1, 0.15) is 11.5 Å². The van der Waals surface area contributed by atoms with Gasteiger partial charge in [-0.3, -0.25) is 4.79 Å². The molecule has 6 nitrogen and oxygen atoms in total. The second-order valence-corrected chi connectivity index (χ2v) is 6.22. The minimum Gasteiger partial charge on any atom is -0.446 e. The highest BCUT2D eigenvalue weighted by atomic mass is 16.7. The molecule has 2 N–H and O–H groups in total. The topological polar surface area (TPSA) is 75.7 Å². The van der Waals surface area contributed by atoms with Crippen LogP contribution in [-0.4, -0.2) is 23.4 Å². The van der Waals surface area contributed by atoms with Gasteiger partial charge in [0.25, 0.3) is 0 Å². The Kier molecular flexibility index (Phi) is 5.53. The van der Waals surface area contributed by atoms with E-state index in [9.17, 15) is 4.79 Å². The Morgan fingerprint density at radius 3 is 2.10 bits per heavy atom. The molecule has 1 amide bonds. The number of carbonyl (C=O) groups is 1. The zero-order valence-electron chi connectivity index (χ0n) is 15.5. The lowest BCUT2D eigenvalue weighted by molar-refractivity contribution is -0.140. The number of amides is 1. The Morgan fingerprint density at radius 2 is 1.45 bits per heavy atom. The molecule has 6 heteroatoms. The van der Waals surface area contributed by atoms with Crippen LogP contribution in [0.25, 0.3) is 10.9 Å². The first-order valence-electron chi connectivity index (χ1n) is 9.12. The number of hydrazone groups is 1. The third-order valence-electron chi connectivity index (χ3n) is 4.19. The van der Waals surface area contributed by atoms with Gasteiger partial charge in [0.05, 0.1) is 6.21 Å². The van der Waals surface area contributed by atoms with Gasteiger partial charge in [0.15, 0.2) is 0 Å². The minimum absolute atomic E-state index is 0.518. The molecule has 3 aromatic carbocycles. The number of rotatable bonds is 7. The molecule has 1 aromatic heterocycles. The first kappa shape index (κ1) is 18.3. The summed E-state index contributed by atoms with van der Waals surface area (Å²) in [5.74, 6) is 0.516. The number of aromatic nitrogens is 1. The molecule has 29 heavy (non-hydrogen) atoms. The summed E-state index contributed by atoms with van der Waals surface area (Å²) < 4.78 is 11.4. The number of hydrogen-bond donors (Lipinski definition) is 2. The number of carbonyl (C=O) groups excluding carboxylic acids is 1.